The van der Waals surface area contributed by atoms with Crippen LogP contribution in [0.4, 0.5) is 10.1 Å². The molecule has 0 aliphatic heterocycles. The van der Waals surface area contributed by atoms with E-state index in [0.717, 1.165) is 11.4 Å². The van der Waals surface area contributed by atoms with E-state index in [0.29, 0.717) is 23.7 Å². The number of hydrogen-bond acceptors (Lipinski definition) is 3. The summed E-state index contributed by atoms with van der Waals surface area (Å²) in [5.41, 5.74) is 2.31. The number of rotatable bonds is 5. The highest BCUT2D eigenvalue weighted by Crippen LogP contribution is 2.16. The lowest BCUT2D eigenvalue weighted by atomic mass is 10.2. The van der Waals surface area contributed by atoms with Crippen molar-refractivity contribution in [3.8, 4) is 0 Å². The molecule has 0 saturated carbocycles. The van der Waals surface area contributed by atoms with Crippen molar-refractivity contribution in [1.29, 1.82) is 0 Å². The minimum atomic E-state index is -0.319. The average Bonchev–Trinajstić information content (AvgIpc) is 2.95. The van der Waals surface area contributed by atoms with Crippen LogP contribution in [0.1, 0.15) is 11.3 Å². The first-order valence-corrected chi connectivity index (χ1v) is 7.19. The zero-order chi connectivity index (χ0) is 15.4. The Kier molecular flexibility index (Phi) is 4.34. The van der Waals surface area contributed by atoms with Gasteiger partial charge in [-0.2, -0.15) is 5.10 Å². The lowest BCUT2D eigenvalue weighted by Crippen LogP contribution is -2.02. The molecule has 0 fully saturated rings. The molecule has 0 amide bonds. The summed E-state index contributed by atoms with van der Waals surface area (Å²) in [7, 11) is 0. The first-order chi connectivity index (χ1) is 10.7. The Hall–Kier alpha value is -2.40. The molecule has 2 heterocycles. The molecule has 3 rings (SSSR count). The molecule has 0 atom stereocenters. The molecule has 0 saturated heterocycles. The van der Waals surface area contributed by atoms with Gasteiger partial charge in [-0.3, -0.25) is 9.67 Å². The van der Waals surface area contributed by atoms with E-state index in [1.54, 1.807) is 29.2 Å². The molecule has 1 aromatic carbocycles. The van der Waals surface area contributed by atoms with Gasteiger partial charge in [-0.1, -0.05) is 23.7 Å². The lowest BCUT2D eigenvalue weighted by Gasteiger charge is -2.05. The van der Waals surface area contributed by atoms with E-state index in [9.17, 15) is 4.39 Å². The van der Waals surface area contributed by atoms with Crippen molar-refractivity contribution in [2.24, 2.45) is 0 Å². The van der Waals surface area contributed by atoms with E-state index < -0.39 is 0 Å². The summed E-state index contributed by atoms with van der Waals surface area (Å²) in [6.07, 6.45) is 5.32. The van der Waals surface area contributed by atoms with Gasteiger partial charge in [0.1, 0.15) is 5.82 Å². The summed E-state index contributed by atoms with van der Waals surface area (Å²) in [5, 5.41) is 7.79. The van der Waals surface area contributed by atoms with Crippen LogP contribution in [0.5, 0.6) is 0 Å². The smallest absolute Gasteiger partial charge is 0.129 e. The van der Waals surface area contributed by atoms with Crippen molar-refractivity contribution < 1.29 is 4.39 Å². The Bertz CT molecular complexity index is 758. The summed E-state index contributed by atoms with van der Waals surface area (Å²) in [6, 6.07) is 10.4. The van der Waals surface area contributed by atoms with Crippen LogP contribution in [-0.2, 0) is 13.1 Å². The molecule has 0 aliphatic rings. The van der Waals surface area contributed by atoms with Crippen LogP contribution in [0.25, 0.3) is 0 Å². The molecule has 0 bridgehead atoms. The van der Waals surface area contributed by atoms with E-state index >= 15 is 0 Å². The van der Waals surface area contributed by atoms with Crippen LogP contribution in [-0.4, -0.2) is 14.8 Å². The highest BCUT2D eigenvalue weighted by Gasteiger charge is 2.04. The van der Waals surface area contributed by atoms with Crippen molar-refractivity contribution in [3.05, 3.63) is 77.1 Å². The number of pyridine rings is 1. The minimum absolute atomic E-state index is 0.319. The first-order valence-electron chi connectivity index (χ1n) is 6.81. The topological polar surface area (TPSA) is 42.7 Å². The molecule has 0 radical (unpaired) electrons. The molecule has 1 N–H and O–H groups in total. The molecular weight excluding hydrogens is 303 g/mol. The van der Waals surface area contributed by atoms with Gasteiger partial charge < -0.3 is 5.32 Å². The van der Waals surface area contributed by atoms with Gasteiger partial charge >= 0.3 is 0 Å². The fraction of sp³-hybridized carbons (Fsp3) is 0.125. The number of aromatic nitrogens is 3. The standard InChI is InChI=1S/C16H14ClFN4/c17-13-5-4-12(16(18)7-13)8-20-15-9-21-22(11-15)10-14-3-1-2-6-19-14/h1-7,9,11,20H,8,10H2. The molecule has 6 heteroatoms. The lowest BCUT2D eigenvalue weighted by molar-refractivity contribution is 0.613. The predicted molar refractivity (Wildman–Crippen MR) is 84.3 cm³/mol. The minimum Gasteiger partial charge on any atom is -0.378 e. The van der Waals surface area contributed by atoms with Crippen LogP contribution >= 0.6 is 11.6 Å². The Balaban J connectivity index is 1.62. The number of benzene rings is 1. The number of hydrogen-bond donors (Lipinski definition) is 1. The molecule has 0 spiro atoms. The average molecular weight is 317 g/mol. The van der Waals surface area contributed by atoms with Crippen molar-refractivity contribution in [1.82, 2.24) is 14.8 Å². The van der Waals surface area contributed by atoms with Gasteiger partial charge in [-0.15, -0.1) is 0 Å². The van der Waals surface area contributed by atoms with Crippen molar-refractivity contribution in [2.45, 2.75) is 13.1 Å². The summed E-state index contributed by atoms with van der Waals surface area (Å²) in [4.78, 5) is 4.25. The second-order valence-corrected chi connectivity index (χ2v) is 5.27. The normalized spacial score (nSPS) is 10.6. The number of halogens is 2. The fourth-order valence-electron chi connectivity index (χ4n) is 2.06. The summed E-state index contributed by atoms with van der Waals surface area (Å²) in [5.74, 6) is -0.319. The van der Waals surface area contributed by atoms with E-state index in [2.05, 4.69) is 15.4 Å². The van der Waals surface area contributed by atoms with Gasteiger partial charge in [0.15, 0.2) is 0 Å². The fourth-order valence-corrected chi connectivity index (χ4v) is 2.22. The summed E-state index contributed by atoms with van der Waals surface area (Å²) in [6.45, 7) is 0.968. The van der Waals surface area contributed by atoms with Crippen molar-refractivity contribution in [2.75, 3.05) is 5.32 Å². The van der Waals surface area contributed by atoms with Crippen LogP contribution in [0.15, 0.2) is 55.0 Å². The Morgan fingerprint density at radius 3 is 2.91 bits per heavy atom. The second kappa shape index (κ2) is 6.58. The largest absolute Gasteiger partial charge is 0.378 e. The zero-order valence-electron chi connectivity index (χ0n) is 11.7. The predicted octanol–water partition coefficient (Wildman–Crippen LogP) is 3.73. The van der Waals surface area contributed by atoms with Gasteiger partial charge in [-0.05, 0) is 24.3 Å². The second-order valence-electron chi connectivity index (χ2n) is 4.84. The molecule has 2 aromatic heterocycles. The van der Waals surface area contributed by atoms with E-state index in [4.69, 9.17) is 11.6 Å². The maximum Gasteiger partial charge on any atom is 0.129 e. The van der Waals surface area contributed by atoms with Crippen molar-refractivity contribution in [3.63, 3.8) is 0 Å². The highest BCUT2D eigenvalue weighted by molar-refractivity contribution is 6.30. The van der Waals surface area contributed by atoms with E-state index in [-0.39, 0.29) is 5.82 Å². The monoisotopic (exact) mass is 316 g/mol. The van der Waals surface area contributed by atoms with Crippen LogP contribution < -0.4 is 5.32 Å². The Morgan fingerprint density at radius 2 is 2.14 bits per heavy atom. The number of nitrogens with one attached hydrogen (secondary N) is 1. The van der Waals surface area contributed by atoms with E-state index in [1.165, 1.54) is 6.07 Å². The van der Waals surface area contributed by atoms with Crippen LogP contribution in [0, 0.1) is 5.82 Å². The van der Waals surface area contributed by atoms with Gasteiger partial charge in [0.05, 0.1) is 24.1 Å². The third kappa shape index (κ3) is 3.62. The molecule has 22 heavy (non-hydrogen) atoms. The molecule has 0 aliphatic carbocycles. The van der Waals surface area contributed by atoms with Crippen LogP contribution in [0.3, 0.4) is 0 Å². The molecular formula is C16H14ClFN4. The Morgan fingerprint density at radius 1 is 1.23 bits per heavy atom. The van der Waals surface area contributed by atoms with Crippen LogP contribution in [0.2, 0.25) is 5.02 Å². The summed E-state index contributed by atoms with van der Waals surface area (Å²) >= 11 is 5.73. The SMILES string of the molecule is Fc1cc(Cl)ccc1CNc1cnn(Cc2ccccn2)c1. The highest BCUT2D eigenvalue weighted by atomic mass is 35.5. The summed E-state index contributed by atoms with van der Waals surface area (Å²) < 4.78 is 15.5. The molecule has 112 valence electrons. The van der Waals surface area contributed by atoms with Crippen molar-refractivity contribution >= 4 is 17.3 Å². The van der Waals surface area contributed by atoms with Gasteiger partial charge in [0, 0.05) is 29.5 Å². The maximum absolute atomic E-state index is 13.7. The molecule has 0 unspecified atom stereocenters. The quantitative estimate of drug-likeness (QED) is 0.780. The van der Waals surface area contributed by atoms with Gasteiger partial charge in [0.2, 0.25) is 0 Å². The molecule has 4 nitrogen and oxygen atoms in total. The zero-order valence-corrected chi connectivity index (χ0v) is 12.5. The third-order valence-corrected chi connectivity index (χ3v) is 3.42. The number of anilines is 1. The van der Waals surface area contributed by atoms with Gasteiger partial charge in [-0.25, -0.2) is 4.39 Å². The third-order valence-electron chi connectivity index (χ3n) is 3.18. The van der Waals surface area contributed by atoms with Gasteiger partial charge in [0.25, 0.3) is 0 Å². The number of nitrogens with zero attached hydrogens (tertiary/aromatic N) is 3. The Labute approximate surface area is 132 Å². The first kappa shape index (κ1) is 14.5. The maximum atomic E-state index is 13.7. The molecule has 3 aromatic rings. The van der Waals surface area contributed by atoms with E-state index in [1.807, 2.05) is 24.4 Å².